The van der Waals surface area contributed by atoms with Crippen LogP contribution in [0.25, 0.3) is 11.1 Å². The lowest BCUT2D eigenvalue weighted by Crippen LogP contribution is -2.48. The van der Waals surface area contributed by atoms with Gasteiger partial charge < -0.3 is 24.6 Å². The van der Waals surface area contributed by atoms with Crippen molar-refractivity contribution in [3.05, 3.63) is 59.4 Å². The van der Waals surface area contributed by atoms with E-state index in [0.717, 1.165) is 17.4 Å². The first kappa shape index (κ1) is 24.7. The number of amides is 1. The monoisotopic (exact) mass is 468 g/mol. The van der Waals surface area contributed by atoms with Crippen LogP contribution in [0.3, 0.4) is 0 Å². The molecule has 3 rings (SSSR count). The van der Waals surface area contributed by atoms with E-state index in [4.69, 9.17) is 9.47 Å². The van der Waals surface area contributed by atoms with Crippen LogP contribution in [0.4, 0.5) is 4.39 Å². The minimum Gasteiger partial charge on any atom is -0.378 e. The highest BCUT2D eigenvalue weighted by atomic mass is 28.3. The molecule has 2 aromatic carbocycles. The number of carbonyl (C=O) groups excluding carboxylic acids is 2. The Bertz CT molecular complexity index is 1010. The fraction of sp³-hybridized carbons (Fsp3) is 0.375. The van der Waals surface area contributed by atoms with Gasteiger partial charge in [-0.15, -0.1) is 0 Å². The largest absolute Gasteiger partial charge is 0.378 e. The summed E-state index contributed by atoms with van der Waals surface area (Å²) in [7, 11) is -0.455. The second-order valence-electron chi connectivity index (χ2n) is 7.81. The van der Waals surface area contributed by atoms with Gasteiger partial charge in [-0.2, -0.15) is 0 Å². The van der Waals surface area contributed by atoms with Gasteiger partial charge in [0.25, 0.3) is 0 Å². The van der Waals surface area contributed by atoms with Crippen molar-refractivity contribution in [1.29, 1.82) is 5.26 Å². The molecular formula is C24H27FN3O4Si. The molecular weight excluding hydrogens is 441 g/mol. The third kappa shape index (κ3) is 7.04. The van der Waals surface area contributed by atoms with Crippen LogP contribution >= 0.6 is 0 Å². The summed E-state index contributed by atoms with van der Waals surface area (Å²) in [5.41, 5.74) is 5.09. The molecule has 1 unspecified atom stereocenters. The molecule has 0 bridgehead atoms. The van der Waals surface area contributed by atoms with Crippen molar-refractivity contribution in [3.63, 3.8) is 0 Å². The number of benzene rings is 2. The van der Waals surface area contributed by atoms with Gasteiger partial charge >= 0.3 is 8.96 Å². The molecule has 173 valence electrons. The number of aldehydes is 1. The summed E-state index contributed by atoms with van der Waals surface area (Å²) in [5, 5.41) is 12.7. The first-order valence-electron chi connectivity index (χ1n) is 10.8. The van der Waals surface area contributed by atoms with E-state index in [1.807, 2.05) is 24.3 Å². The number of hydrogen-bond donors (Lipinski definition) is 2. The number of rotatable bonds is 9. The maximum atomic E-state index is 14.9. The summed E-state index contributed by atoms with van der Waals surface area (Å²) in [6.45, 7) is 1.18. The van der Waals surface area contributed by atoms with Gasteiger partial charge in [-0.25, -0.2) is 9.65 Å². The van der Waals surface area contributed by atoms with Crippen molar-refractivity contribution >= 4 is 21.2 Å². The van der Waals surface area contributed by atoms with Gasteiger partial charge in [0, 0.05) is 32.7 Å². The number of halogens is 1. The van der Waals surface area contributed by atoms with Gasteiger partial charge in [-0.1, -0.05) is 36.4 Å². The van der Waals surface area contributed by atoms with Gasteiger partial charge in [-0.05, 0) is 34.7 Å². The molecule has 1 radical (unpaired) electrons. The van der Waals surface area contributed by atoms with Gasteiger partial charge in [0.15, 0.2) is 0 Å². The predicted molar refractivity (Wildman–Crippen MR) is 123 cm³/mol. The molecule has 1 aliphatic heterocycles. The first-order chi connectivity index (χ1) is 16.0. The molecule has 2 atom stereocenters. The van der Waals surface area contributed by atoms with Crippen LogP contribution in [0.1, 0.15) is 17.5 Å². The molecule has 0 aromatic heterocycles. The lowest BCUT2D eigenvalue weighted by Gasteiger charge is -2.17. The van der Waals surface area contributed by atoms with Crippen molar-refractivity contribution < 1.29 is 23.5 Å². The van der Waals surface area contributed by atoms with Crippen molar-refractivity contribution in [2.24, 2.45) is 0 Å². The van der Waals surface area contributed by atoms with E-state index in [9.17, 15) is 19.2 Å². The van der Waals surface area contributed by atoms with E-state index < -0.39 is 20.9 Å². The number of carbonyl (C=O) groups is 2. The van der Waals surface area contributed by atoms with Gasteiger partial charge in [0.2, 0.25) is 5.91 Å². The second-order valence-corrected chi connectivity index (χ2v) is 9.59. The molecule has 0 aliphatic carbocycles. The van der Waals surface area contributed by atoms with Crippen LogP contribution in [-0.2, 0) is 31.5 Å². The Kier molecular flexibility index (Phi) is 9.27. The normalized spacial score (nSPS) is 18.4. The zero-order valence-electron chi connectivity index (χ0n) is 18.5. The average molecular weight is 469 g/mol. The minimum atomic E-state index is -2.04. The Morgan fingerprint density at radius 2 is 2.15 bits per heavy atom. The molecule has 2 N–H and O–H groups in total. The summed E-state index contributed by atoms with van der Waals surface area (Å²) in [4.78, 5) is 25.9. The van der Waals surface area contributed by atoms with Gasteiger partial charge in [0.05, 0.1) is 18.4 Å². The standard InChI is InChI=1S/C24H27FN3O4Si/c1-31-21-12-27-13-23(32-14-21)24(30)28-33(16-26)15-20-8-7-19(11-22(20)25)18-6-2-4-17(10-18)5-3-9-29/h2,4,6-11,21,23,27H,3,5,12-15H2,1H3,(H,28,30)/t21?,23-/m0/s1. The molecule has 1 aliphatic rings. The first-order valence-corrected chi connectivity index (χ1v) is 12.5. The van der Waals surface area contributed by atoms with Crippen LogP contribution in [-0.4, -0.2) is 60.2 Å². The fourth-order valence-electron chi connectivity index (χ4n) is 3.57. The highest BCUT2D eigenvalue weighted by Crippen LogP contribution is 2.24. The summed E-state index contributed by atoms with van der Waals surface area (Å²) in [6.07, 6.45) is 1.09. The highest BCUT2D eigenvalue weighted by molar-refractivity contribution is 6.66. The molecule has 1 heterocycles. The Morgan fingerprint density at radius 1 is 1.33 bits per heavy atom. The van der Waals surface area contributed by atoms with E-state index in [1.54, 1.807) is 19.2 Å². The summed E-state index contributed by atoms with van der Waals surface area (Å²) in [5.74, 6) is -0.799. The SMILES string of the molecule is COC1CNC[C@@H](C(=O)N[Si](C#N)Cc2ccc(-c3cccc(CCC=O)c3)cc2F)OC1. The van der Waals surface area contributed by atoms with Crippen LogP contribution in [0, 0.1) is 16.8 Å². The topological polar surface area (TPSA) is 100 Å². The number of nitrogens with one attached hydrogen (secondary N) is 2. The number of methoxy groups -OCH3 is 1. The predicted octanol–water partition coefficient (Wildman–Crippen LogP) is 1.88. The van der Waals surface area contributed by atoms with Crippen LogP contribution < -0.4 is 10.3 Å². The quantitative estimate of drug-likeness (QED) is 0.431. The minimum absolute atomic E-state index is 0.137. The number of ether oxygens (including phenoxy) is 2. The highest BCUT2D eigenvalue weighted by Gasteiger charge is 2.27. The Balaban J connectivity index is 1.64. The Morgan fingerprint density at radius 3 is 2.88 bits per heavy atom. The molecule has 0 saturated carbocycles. The van der Waals surface area contributed by atoms with Crippen LogP contribution in [0.2, 0.25) is 0 Å². The zero-order valence-corrected chi connectivity index (χ0v) is 19.5. The summed E-state index contributed by atoms with van der Waals surface area (Å²) in [6, 6.07) is 12.7. The Hall–Kier alpha value is -2.90. The lowest BCUT2D eigenvalue weighted by molar-refractivity contribution is -0.131. The third-order valence-corrected chi connectivity index (χ3v) is 7.00. The fourth-order valence-corrected chi connectivity index (χ4v) is 4.92. The van der Waals surface area contributed by atoms with Crippen molar-refractivity contribution in [3.8, 4) is 16.8 Å². The molecule has 1 saturated heterocycles. The lowest BCUT2D eigenvalue weighted by atomic mass is 10.00. The van der Waals surface area contributed by atoms with E-state index >= 15 is 0 Å². The molecule has 1 amide bonds. The number of aryl methyl sites for hydroxylation is 1. The van der Waals surface area contributed by atoms with Gasteiger partial charge in [0.1, 0.15) is 18.2 Å². The molecule has 7 nitrogen and oxygen atoms in total. The molecule has 1 fully saturated rings. The number of hydrogen-bond acceptors (Lipinski definition) is 6. The zero-order chi connectivity index (χ0) is 23.6. The third-order valence-electron chi connectivity index (χ3n) is 5.45. The summed E-state index contributed by atoms with van der Waals surface area (Å²) < 4.78 is 25.7. The number of nitriles is 1. The smallest absolute Gasteiger partial charge is 0.304 e. The average Bonchev–Trinajstić information content (AvgIpc) is 3.09. The van der Waals surface area contributed by atoms with Crippen molar-refractivity contribution in [1.82, 2.24) is 10.3 Å². The van der Waals surface area contributed by atoms with E-state index in [-0.39, 0.29) is 24.7 Å². The second kappa shape index (κ2) is 12.4. The maximum absolute atomic E-state index is 14.9. The van der Waals surface area contributed by atoms with E-state index in [2.05, 4.69) is 16.0 Å². The summed E-state index contributed by atoms with van der Waals surface area (Å²) >= 11 is 0. The molecule has 33 heavy (non-hydrogen) atoms. The van der Waals surface area contributed by atoms with Crippen molar-refractivity contribution in [2.75, 3.05) is 26.8 Å². The van der Waals surface area contributed by atoms with E-state index in [0.29, 0.717) is 37.1 Å². The molecule has 2 aromatic rings. The van der Waals surface area contributed by atoms with Crippen LogP contribution in [0.15, 0.2) is 42.5 Å². The van der Waals surface area contributed by atoms with E-state index in [1.165, 1.54) is 6.07 Å². The molecule has 0 spiro atoms. The van der Waals surface area contributed by atoms with Crippen LogP contribution in [0.5, 0.6) is 0 Å². The molecule has 9 heteroatoms. The maximum Gasteiger partial charge on any atom is 0.304 e. The number of nitrogens with zero attached hydrogens (tertiary/aromatic N) is 1. The Labute approximate surface area is 194 Å². The van der Waals surface area contributed by atoms with Gasteiger partial charge in [-0.3, -0.25) is 4.79 Å². The van der Waals surface area contributed by atoms with Crippen molar-refractivity contribution in [2.45, 2.75) is 31.1 Å².